The number of hydrogen-bond donors (Lipinski definition) is 0. The van der Waals surface area contributed by atoms with E-state index >= 15 is 0 Å². The maximum Gasteiger partial charge on any atom is 0.313 e. The number of fused-ring (bicyclic) bond motifs is 1. The number of benzene rings is 2. The van der Waals surface area contributed by atoms with Gasteiger partial charge in [-0.3, -0.25) is 9.59 Å². The molecular formula is C22H22O6. The number of ether oxygens (including phenoxy) is 4. The number of rotatable bonds is 5. The fraction of sp³-hybridized carbons (Fsp3) is 0.273. The number of ketones is 1. The van der Waals surface area contributed by atoms with E-state index in [-0.39, 0.29) is 23.4 Å². The lowest BCUT2D eigenvalue weighted by Crippen LogP contribution is -2.14. The monoisotopic (exact) mass is 382 g/mol. The summed E-state index contributed by atoms with van der Waals surface area (Å²) in [6.45, 7) is 5.29. The molecule has 1 heterocycles. The predicted molar refractivity (Wildman–Crippen MR) is 104 cm³/mol. The second-order valence-electron chi connectivity index (χ2n) is 6.71. The first-order chi connectivity index (χ1) is 13.3. The third kappa shape index (κ3) is 3.58. The molecule has 0 fully saturated rings. The highest BCUT2D eigenvalue weighted by Gasteiger charge is 2.31. The van der Waals surface area contributed by atoms with Gasteiger partial charge in [-0.15, -0.1) is 0 Å². The van der Waals surface area contributed by atoms with Gasteiger partial charge in [0.2, 0.25) is 5.78 Å². The zero-order valence-electron chi connectivity index (χ0n) is 16.5. The van der Waals surface area contributed by atoms with Crippen molar-refractivity contribution in [1.82, 2.24) is 0 Å². The molecule has 6 heteroatoms. The number of carbonyl (C=O) groups excluding carboxylic acids is 2. The fourth-order valence-corrected chi connectivity index (χ4v) is 2.94. The van der Waals surface area contributed by atoms with E-state index < -0.39 is 0 Å². The summed E-state index contributed by atoms with van der Waals surface area (Å²) in [5, 5.41) is 0. The lowest BCUT2D eigenvalue weighted by atomic mass is 10.0. The number of aryl methyl sites for hydroxylation is 1. The molecule has 146 valence electrons. The number of carbonyl (C=O) groups is 2. The van der Waals surface area contributed by atoms with E-state index in [2.05, 4.69) is 0 Å². The fourth-order valence-electron chi connectivity index (χ4n) is 2.94. The molecule has 0 unspecified atom stereocenters. The van der Waals surface area contributed by atoms with Gasteiger partial charge in [0, 0.05) is 11.6 Å². The normalized spacial score (nSPS) is 14.1. The highest BCUT2D eigenvalue weighted by molar-refractivity contribution is 6.15. The van der Waals surface area contributed by atoms with Crippen LogP contribution < -0.4 is 18.9 Å². The van der Waals surface area contributed by atoms with Gasteiger partial charge in [0.05, 0.1) is 25.7 Å². The van der Waals surface area contributed by atoms with E-state index in [1.807, 2.05) is 0 Å². The zero-order valence-corrected chi connectivity index (χ0v) is 16.5. The van der Waals surface area contributed by atoms with Gasteiger partial charge in [-0.05, 0) is 30.7 Å². The quantitative estimate of drug-likeness (QED) is 0.439. The molecule has 0 aromatic heterocycles. The average molecular weight is 382 g/mol. The molecule has 2 aromatic rings. The van der Waals surface area contributed by atoms with Crippen LogP contribution in [0.3, 0.4) is 0 Å². The van der Waals surface area contributed by atoms with E-state index in [1.54, 1.807) is 64.3 Å². The van der Waals surface area contributed by atoms with Gasteiger partial charge in [0.1, 0.15) is 11.5 Å². The Kier molecular flexibility index (Phi) is 5.40. The minimum absolute atomic E-state index is 0.164. The van der Waals surface area contributed by atoms with Gasteiger partial charge in [0.15, 0.2) is 17.3 Å². The summed E-state index contributed by atoms with van der Waals surface area (Å²) < 4.78 is 21.8. The lowest BCUT2D eigenvalue weighted by Gasteiger charge is -2.10. The minimum Gasteiger partial charge on any atom is -0.493 e. The molecule has 0 aliphatic carbocycles. The van der Waals surface area contributed by atoms with Gasteiger partial charge in [-0.2, -0.15) is 0 Å². The van der Waals surface area contributed by atoms with Crippen LogP contribution in [0.4, 0.5) is 0 Å². The van der Waals surface area contributed by atoms with E-state index in [0.717, 1.165) is 0 Å². The Morgan fingerprint density at radius 3 is 2.54 bits per heavy atom. The number of Topliss-reactive ketones (excluding diaryl/α,β-unsaturated/α-hetero) is 1. The highest BCUT2D eigenvalue weighted by atomic mass is 16.5. The molecule has 0 spiro atoms. The van der Waals surface area contributed by atoms with Gasteiger partial charge >= 0.3 is 5.97 Å². The molecule has 0 atom stereocenters. The van der Waals surface area contributed by atoms with E-state index in [0.29, 0.717) is 39.7 Å². The van der Waals surface area contributed by atoms with Crippen LogP contribution in [0.1, 0.15) is 35.3 Å². The Morgan fingerprint density at radius 2 is 1.89 bits per heavy atom. The van der Waals surface area contributed by atoms with Crippen molar-refractivity contribution >= 4 is 17.8 Å². The second-order valence-corrected chi connectivity index (χ2v) is 6.71. The largest absolute Gasteiger partial charge is 0.493 e. The highest BCUT2D eigenvalue weighted by Crippen LogP contribution is 2.39. The van der Waals surface area contributed by atoms with Crippen LogP contribution in [0.25, 0.3) is 6.08 Å². The van der Waals surface area contributed by atoms with Crippen molar-refractivity contribution in [3.63, 3.8) is 0 Å². The van der Waals surface area contributed by atoms with E-state index in [9.17, 15) is 9.59 Å². The van der Waals surface area contributed by atoms with Crippen molar-refractivity contribution in [1.29, 1.82) is 0 Å². The zero-order chi connectivity index (χ0) is 20.4. The minimum atomic E-state index is -0.347. The summed E-state index contributed by atoms with van der Waals surface area (Å²) in [6, 6.07) is 8.59. The molecule has 0 saturated heterocycles. The molecule has 28 heavy (non-hydrogen) atoms. The smallest absolute Gasteiger partial charge is 0.313 e. The standard InChI is InChI=1S/C22H22O6/c1-12(2)22(24)27-15-9-13(3)19-17(11-15)28-18(20(19)23)10-14-7-6-8-16(25-4)21(14)26-5/h6-12H,1-5H3/b18-10-. The van der Waals surface area contributed by atoms with Crippen molar-refractivity contribution in [2.75, 3.05) is 14.2 Å². The first-order valence-electron chi connectivity index (χ1n) is 8.87. The molecule has 1 aliphatic rings. The van der Waals surface area contributed by atoms with Crippen molar-refractivity contribution in [3.8, 4) is 23.0 Å². The van der Waals surface area contributed by atoms with Crippen molar-refractivity contribution < 1.29 is 28.5 Å². The second kappa shape index (κ2) is 7.76. The Morgan fingerprint density at radius 1 is 1.14 bits per heavy atom. The molecule has 0 radical (unpaired) electrons. The molecule has 0 bridgehead atoms. The topological polar surface area (TPSA) is 71.1 Å². The Hall–Kier alpha value is -3.28. The van der Waals surface area contributed by atoms with E-state index in [1.165, 1.54) is 7.11 Å². The third-order valence-corrected chi connectivity index (χ3v) is 4.35. The van der Waals surface area contributed by atoms with Crippen molar-refractivity contribution in [2.45, 2.75) is 20.8 Å². The first-order valence-corrected chi connectivity index (χ1v) is 8.87. The number of hydrogen-bond acceptors (Lipinski definition) is 6. The molecule has 6 nitrogen and oxygen atoms in total. The summed E-state index contributed by atoms with van der Waals surface area (Å²) in [6.07, 6.45) is 1.61. The number of methoxy groups -OCH3 is 2. The summed E-state index contributed by atoms with van der Waals surface area (Å²) in [5.74, 6) is 1.10. The molecule has 0 amide bonds. The Labute approximate surface area is 163 Å². The molecule has 3 rings (SSSR count). The van der Waals surface area contributed by atoms with Gasteiger partial charge in [-0.1, -0.05) is 26.0 Å². The van der Waals surface area contributed by atoms with Gasteiger partial charge in [0.25, 0.3) is 0 Å². The Bertz CT molecular complexity index is 971. The van der Waals surface area contributed by atoms with Crippen LogP contribution in [0.2, 0.25) is 0 Å². The van der Waals surface area contributed by atoms with Crippen molar-refractivity contribution in [3.05, 3.63) is 52.8 Å². The summed E-state index contributed by atoms with van der Waals surface area (Å²) in [7, 11) is 3.08. The molecule has 2 aromatic carbocycles. The van der Waals surface area contributed by atoms with Crippen LogP contribution in [-0.2, 0) is 4.79 Å². The third-order valence-electron chi connectivity index (χ3n) is 4.35. The lowest BCUT2D eigenvalue weighted by molar-refractivity contribution is -0.137. The van der Waals surface area contributed by atoms with Crippen LogP contribution in [0.5, 0.6) is 23.0 Å². The molecular weight excluding hydrogens is 360 g/mol. The maximum atomic E-state index is 12.8. The molecule has 0 N–H and O–H groups in total. The number of esters is 1. The van der Waals surface area contributed by atoms with E-state index in [4.69, 9.17) is 18.9 Å². The molecule has 0 saturated carbocycles. The first kappa shape index (κ1) is 19.5. The van der Waals surface area contributed by atoms with Crippen molar-refractivity contribution in [2.24, 2.45) is 5.92 Å². The van der Waals surface area contributed by atoms with Crippen LogP contribution >= 0.6 is 0 Å². The van der Waals surface area contributed by atoms with Crippen LogP contribution in [-0.4, -0.2) is 26.0 Å². The maximum absolute atomic E-state index is 12.8. The summed E-state index contributed by atoms with van der Waals surface area (Å²) >= 11 is 0. The summed E-state index contributed by atoms with van der Waals surface area (Å²) in [5.41, 5.74) is 1.79. The number of para-hydroxylation sites is 1. The number of allylic oxidation sites excluding steroid dienone is 1. The van der Waals surface area contributed by atoms with Gasteiger partial charge in [-0.25, -0.2) is 0 Å². The average Bonchev–Trinajstić information content (AvgIpc) is 2.97. The van der Waals surface area contributed by atoms with Crippen LogP contribution in [0, 0.1) is 12.8 Å². The SMILES string of the molecule is COc1cccc(/C=C2\Oc3cc(OC(=O)C(C)C)cc(C)c3C2=O)c1OC. The summed E-state index contributed by atoms with van der Waals surface area (Å²) in [4.78, 5) is 24.7. The predicted octanol–water partition coefficient (Wildman–Crippen LogP) is 4.19. The van der Waals surface area contributed by atoms with Crippen LogP contribution in [0.15, 0.2) is 36.1 Å². The van der Waals surface area contributed by atoms with Gasteiger partial charge < -0.3 is 18.9 Å². The Balaban J connectivity index is 1.97. The molecule has 1 aliphatic heterocycles.